The van der Waals surface area contributed by atoms with Crippen molar-refractivity contribution in [3.05, 3.63) is 29.8 Å². The molecule has 1 atom stereocenters. The van der Waals surface area contributed by atoms with Crippen LogP contribution in [-0.4, -0.2) is 43.0 Å². The minimum Gasteiger partial charge on any atom is -0.320 e. The van der Waals surface area contributed by atoms with E-state index in [-0.39, 0.29) is 5.69 Å². The molecule has 1 amide bonds. The van der Waals surface area contributed by atoms with Gasteiger partial charge in [0.1, 0.15) is 17.3 Å². The summed E-state index contributed by atoms with van der Waals surface area (Å²) in [6, 6.07) is 3.09. The number of carbonyl (C=O) groups excluding carboxylic acids is 1. The topological polar surface area (TPSA) is 44.4 Å². The van der Waals surface area contributed by atoms with Gasteiger partial charge in [0, 0.05) is 26.2 Å². The molecule has 1 aromatic rings. The monoisotopic (exact) mass is 269 g/mol. The molecule has 19 heavy (non-hydrogen) atoms. The van der Waals surface area contributed by atoms with Crippen molar-refractivity contribution in [3.63, 3.8) is 0 Å². The van der Waals surface area contributed by atoms with Crippen molar-refractivity contribution in [3.8, 4) is 0 Å². The molecule has 4 nitrogen and oxygen atoms in total. The summed E-state index contributed by atoms with van der Waals surface area (Å²) in [5.74, 6) is -1.92. The van der Waals surface area contributed by atoms with Crippen molar-refractivity contribution >= 4 is 11.6 Å². The third-order valence-electron chi connectivity index (χ3n) is 3.29. The molecule has 0 radical (unpaired) electrons. The summed E-state index contributed by atoms with van der Waals surface area (Å²) in [4.78, 5) is 14.0. The predicted molar refractivity (Wildman–Crippen MR) is 68.9 cm³/mol. The minimum atomic E-state index is -0.763. The maximum atomic E-state index is 13.4. The van der Waals surface area contributed by atoms with E-state index in [4.69, 9.17) is 0 Å². The second kappa shape index (κ2) is 6.08. The number of benzene rings is 1. The number of para-hydroxylation sites is 1. The summed E-state index contributed by atoms with van der Waals surface area (Å²) in [7, 11) is 0. The summed E-state index contributed by atoms with van der Waals surface area (Å²) in [5, 5.41) is 5.51. The van der Waals surface area contributed by atoms with Gasteiger partial charge in [-0.25, -0.2) is 8.78 Å². The number of amides is 1. The summed E-state index contributed by atoms with van der Waals surface area (Å²) < 4.78 is 26.9. The Morgan fingerprint density at radius 3 is 2.47 bits per heavy atom. The number of anilines is 1. The Labute approximate surface area is 110 Å². The number of piperazine rings is 1. The van der Waals surface area contributed by atoms with Crippen LogP contribution in [0.3, 0.4) is 0 Å². The van der Waals surface area contributed by atoms with Crippen molar-refractivity contribution in [2.75, 3.05) is 31.5 Å². The zero-order valence-corrected chi connectivity index (χ0v) is 10.7. The zero-order valence-electron chi connectivity index (χ0n) is 10.7. The first-order chi connectivity index (χ1) is 9.09. The first kappa shape index (κ1) is 13.9. The molecule has 0 aliphatic carbocycles. The second-order valence-corrected chi connectivity index (χ2v) is 4.55. The molecule has 1 fully saturated rings. The van der Waals surface area contributed by atoms with Crippen LogP contribution in [0.4, 0.5) is 14.5 Å². The third-order valence-corrected chi connectivity index (χ3v) is 3.29. The maximum absolute atomic E-state index is 13.4. The SMILES string of the molecule is CC(C(=O)Nc1c(F)cccc1F)N1CCNCC1. The van der Waals surface area contributed by atoms with E-state index in [1.807, 2.05) is 4.90 Å². The highest BCUT2D eigenvalue weighted by Crippen LogP contribution is 2.18. The van der Waals surface area contributed by atoms with E-state index >= 15 is 0 Å². The van der Waals surface area contributed by atoms with Gasteiger partial charge in [0.25, 0.3) is 0 Å². The fourth-order valence-corrected chi connectivity index (χ4v) is 2.08. The second-order valence-electron chi connectivity index (χ2n) is 4.55. The van der Waals surface area contributed by atoms with Crippen molar-refractivity contribution in [1.82, 2.24) is 10.2 Å². The van der Waals surface area contributed by atoms with Crippen LogP contribution in [0.15, 0.2) is 18.2 Å². The van der Waals surface area contributed by atoms with Crippen molar-refractivity contribution in [2.45, 2.75) is 13.0 Å². The first-order valence-electron chi connectivity index (χ1n) is 6.29. The van der Waals surface area contributed by atoms with E-state index < -0.39 is 23.6 Å². The maximum Gasteiger partial charge on any atom is 0.241 e. The van der Waals surface area contributed by atoms with Gasteiger partial charge in [-0.15, -0.1) is 0 Å². The molecule has 2 rings (SSSR count). The predicted octanol–water partition coefficient (Wildman–Crippen LogP) is 1.20. The molecule has 1 unspecified atom stereocenters. The molecule has 1 heterocycles. The number of halogens is 2. The average molecular weight is 269 g/mol. The van der Waals surface area contributed by atoms with Crippen LogP contribution >= 0.6 is 0 Å². The van der Waals surface area contributed by atoms with Crippen LogP contribution in [0.25, 0.3) is 0 Å². The average Bonchev–Trinajstić information content (AvgIpc) is 2.43. The van der Waals surface area contributed by atoms with Crippen molar-refractivity contribution in [1.29, 1.82) is 0 Å². The number of nitrogens with zero attached hydrogens (tertiary/aromatic N) is 1. The van der Waals surface area contributed by atoms with Crippen LogP contribution < -0.4 is 10.6 Å². The Kier molecular flexibility index (Phi) is 4.44. The van der Waals surface area contributed by atoms with Crippen molar-refractivity contribution < 1.29 is 13.6 Å². The zero-order chi connectivity index (χ0) is 13.8. The molecule has 104 valence electrons. The van der Waals surface area contributed by atoms with E-state index in [2.05, 4.69) is 10.6 Å². The first-order valence-corrected chi connectivity index (χ1v) is 6.29. The molecular weight excluding hydrogens is 252 g/mol. The number of carbonyl (C=O) groups is 1. The lowest BCUT2D eigenvalue weighted by Crippen LogP contribution is -2.51. The lowest BCUT2D eigenvalue weighted by molar-refractivity contribution is -0.121. The molecule has 1 saturated heterocycles. The molecular formula is C13H17F2N3O. The van der Waals surface area contributed by atoms with E-state index in [0.29, 0.717) is 0 Å². The Bertz CT molecular complexity index is 441. The molecule has 1 aliphatic heterocycles. The van der Waals surface area contributed by atoms with Gasteiger partial charge in [-0.3, -0.25) is 9.69 Å². The fourth-order valence-electron chi connectivity index (χ4n) is 2.08. The Morgan fingerprint density at radius 2 is 1.89 bits per heavy atom. The Hall–Kier alpha value is -1.53. The largest absolute Gasteiger partial charge is 0.320 e. The van der Waals surface area contributed by atoms with Gasteiger partial charge in [0.2, 0.25) is 5.91 Å². The fraction of sp³-hybridized carbons (Fsp3) is 0.462. The van der Waals surface area contributed by atoms with E-state index in [1.165, 1.54) is 6.07 Å². The highest BCUT2D eigenvalue weighted by molar-refractivity contribution is 5.94. The molecule has 1 aliphatic rings. The van der Waals surface area contributed by atoms with Crippen LogP contribution in [0.2, 0.25) is 0 Å². The summed E-state index contributed by atoms with van der Waals surface area (Å²) in [6.45, 7) is 4.85. The number of hydrogen-bond acceptors (Lipinski definition) is 3. The quantitative estimate of drug-likeness (QED) is 0.866. The minimum absolute atomic E-state index is 0.380. The van der Waals surface area contributed by atoms with E-state index in [9.17, 15) is 13.6 Å². The van der Waals surface area contributed by atoms with E-state index in [0.717, 1.165) is 38.3 Å². The van der Waals surface area contributed by atoms with Crippen LogP contribution in [-0.2, 0) is 4.79 Å². The Morgan fingerprint density at radius 1 is 1.32 bits per heavy atom. The third kappa shape index (κ3) is 3.27. The summed E-state index contributed by atoms with van der Waals surface area (Å²) in [6.07, 6.45) is 0. The van der Waals surface area contributed by atoms with Crippen molar-refractivity contribution in [2.24, 2.45) is 0 Å². The van der Waals surface area contributed by atoms with Gasteiger partial charge in [-0.05, 0) is 19.1 Å². The molecule has 0 bridgehead atoms. The number of nitrogens with one attached hydrogen (secondary N) is 2. The molecule has 1 aromatic carbocycles. The Balaban J connectivity index is 2.04. The highest BCUT2D eigenvalue weighted by Gasteiger charge is 2.24. The lowest BCUT2D eigenvalue weighted by atomic mass is 10.2. The normalized spacial score (nSPS) is 18.1. The van der Waals surface area contributed by atoms with Gasteiger partial charge < -0.3 is 10.6 Å². The lowest BCUT2D eigenvalue weighted by Gasteiger charge is -2.31. The molecule has 0 aromatic heterocycles. The number of hydrogen-bond donors (Lipinski definition) is 2. The standard InChI is InChI=1S/C13H17F2N3O/c1-9(18-7-5-16-6-8-18)13(19)17-12-10(14)3-2-4-11(12)15/h2-4,9,16H,5-8H2,1H3,(H,17,19). The summed E-state index contributed by atoms with van der Waals surface area (Å²) >= 11 is 0. The van der Waals surface area contributed by atoms with Gasteiger partial charge in [0.05, 0.1) is 6.04 Å². The van der Waals surface area contributed by atoms with Crippen LogP contribution in [0.1, 0.15) is 6.92 Å². The summed E-state index contributed by atoms with van der Waals surface area (Å²) in [5.41, 5.74) is -0.380. The number of rotatable bonds is 3. The van der Waals surface area contributed by atoms with E-state index in [1.54, 1.807) is 6.92 Å². The van der Waals surface area contributed by atoms with Gasteiger partial charge in [-0.2, -0.15) is 0 Å². The molecule has 0 spiro atoms. The molecule has 6 heteroatoms. The van der Waals surface area contributed by atoms with Gasteiger partial charge >= 0.3 is 0 Å². The van der Waals surface area contributed by atoms with Gasteiger partial charge in [-0.1, -0.05) is 6.07 Å². The van der Waals surface area contributed by atoms with Gasteiger partial charge in [0.15, 0.2) is 0 Å². The molecule has 0 saturated carbocycles. The van der Waals surface area contributed by atoms with Crippen LogP contribution in [0.5, 0.6) is 0 Å². The highest BCUT2D eigenvalue weighted by atomic mass is 19.1. The molecule has 2 N–H and O–H groups in total. The smallest absolute Gasteiger partial charge is 0.241 e. The van der Waals surface area contributed by atoms with Crippen LogP contribution in [0, 0.1) is 11.6 Å².